The lowest BCUT2D eigenvalue weighted by atomic mass is 9.32. The van der Waals surface area contributed by atoms with Gasteiger partial charge in [-0.3, -0.25) is 0 Å². The van der Waals surface area contributed by atoms with Gasteiger partial charge >= 0.3 is 0 Å². The van der Waals surface area contributed by atoms with Crippen molar-refractivity contribution in [2.75, 3.05) is 14.7 Å². The number of hydrogen-bond donors (Lipinski definition) is 0. The maximum atomic E-state index is 2.91. The molecule has 1 saturated carbocycles. The molecule has 8 aromatic carbocycles. The van der Waals surface area contributed by atoms with Crippen molar-refractivity contribution in [2.45, 2.75) is 264 Å². The summed E-state index contributed by atoms with van der Waals surface area (Å²) in [5, 5.41) is 0. The summed E-state index contributed by atoms with van der Waals surface area (Å²) < 4.78 is 0. The highest BCUT2D eigenvalue weighted by molar-refractivity contribution is 7.00. The van der Waals surface area contributed by atoms with E-state index in [-0.39, 0.29) is 61.0 Å². The summed E-state index contributed by atoms with van der Waals surface area (Å²) in [6, 6.07) is 57.9. The molecule has 2 unspecified atom stereocenters. The van der Waals surface area contributed by atoms with Crippen molar-refractivity contribution in [3.05, 3.63) is 195 Å². The molecular weight excluding hydrogens is 1120 g/mol. The Balaban J connectivity index is 1.11. The van der Waals surface area contributed by atoms with E-state index in [1.165, 1.54) is 159 Å². The summed E-state index contributed by atoms with van der Waals surface area (Å²) in [7, 11) is 0. The van der Waals surface area contributed by atoms with Crippen molar-refractivity contribution in [3.8, 4) is 22.3 Å². The molecule has 93 heavy (non-hydrogen) atoms. The van der Waals surface area contributed by atoms with Gasteiger partial charge < -0.3 is 14.7 Å². The van der Waals surface area contributed by atoms with E-state index in [1.807, 2.05) is 0 Å². The summed E-state index contributed by atoms with van der Waals surface area (Å²) >= 11 is 0. The highest BCUT2D eigenvalue weighted by atomic mass is 15.3. The van der Waals surface area contributed by atoms with Gasteiger partial charge in [-0.15, -0.1) is 0 Å². The fraction of sp³-hybridized carbons (Fsp3) is 0.461. The number of hydrogen-bond acceptors (Lipinski definition) is 3. The number of fused-ring (bicyclic) bond motifs is 10. The fourth-order valence-electron chi connectivity index (χ4n) is 19.2. The zero-order valence-corrected chi connectivity index (χ0v) is 60.8. The smallest absolute Gasteiger partial charge is 0.252 e. The predicted molar refractivity (Wildman–Crippen MR) is 402 cm³/mol. The van der Waals surface area contributed by atoms with Gasteiger partial charge in [-0.2, -0.15) is 0 Å². The van der Waals surface area contributed by atoms with Crippen LogP contribution < -0.4 is 31.1 Å². The molecule has 3 aliphatic heterocycles. The van der Waals surface area contributed by atoms with Crippen molar-refractivity contribution in [1.29, 1.82) is 0 Å². The average Bonchev–Trinajstić information content (AvgIpc) is 1.64. The second-order valence-electron chi connectivity index (χ2n) is 37.0. The maximum Gasteiger partial charge on any atom is 0.252 e. The van der Waals surface area contributed by atoms with Crippen LogP contribution in [0.5, 0.6) is 0 Å². The molecule has 4 aliphatic carbocycles. The largest absolute Gasteiger partial charge is 0.334 e. The van der Waals surface area contributed by atoms with E-state index in [4.69, 9.17) is 0 Å². The van der Waals surface area contributed by atoms with Crippen LogP contribution in [0.2, 0.25) is 0 Å². The van der Waals surface area contributed by atoms with Crippen LogP contribution in [0.15, 0.2) is 140 Å². The van der Waals surface area contributed by atoms with E-state index in [2.05, 4.69) is 300 Å². The number of rotatable bonds is 5. The molecule has 0 bridgehead atoms. The van der Waals surface area contributed by atoms with Gasteiger partial charge in [0.25, 0.3) is 6.71 Å². The molecule has 2 atom stereocenters. The highest BCUT2D eigenvalue weighted by Gasteiger charge is 2.59. The monoisotopic (exact) mass is 1230 g/mol. The molecule has 3 nitrogen and oxygen atoms in total. The van der Waals surface area contributed by atoms with Gasteiger partial charge in [0.1, 0.15) is 0 Å². The molecule has 0 N–H and O–H groups in total. The van der Waals surface area contributed by atoms with E-state index in [9.17, 15) is 0 Å². The van der Waals surface area contributed by atoms with E-state index in [0.717, 1.165) is 44.9 Å². The van der Waals surface area contributed by atoms with E-state index >= 15 is 0 Å². The lowest BCUT2D eigenvalue weighted by Gasteiger charge is -2.52. The minimum absolute atomic E-state index is 0.000779. The van der Waals surface area contributed by atoms with Gasteiger partial charge in [0.05, 0.1) is 11.2 Å². The van der Waals surface area contributed by atoms with Gasteiger partial charge in [-0.1, -0.05) is 229 Å². The Kier molecular flexibility index (Phi) is 13.5. The van der Waals surface area contributed by atoms with Crippen molar-refractivity contribution >= 4 is 68.6 Å². The van der Waals surface area contributed by atoms with Crippen LogP contribution in [0, 0.1) is 6.92 Å². The molecule has 15 rings (SSSR count). The molecule has 8 aromatic rings. The van der Waals surface area contributed by atoms with Gasteiger partial charge in [0.15, 0.2) is 0 Å². The molecule has 480 valence electrons. The fourth-order valence-corrected chi connectivity index (χ4v) is 19.2. The lowest BCUT2D eigenvalue weighted by Crippen LogP contribution is -2.62. The van der Waals surface area contributed by atoms with Crippen molar-refractivity contribution < 1.29 is 0 Å². The topological polar surface area (TPSA) is 9.72 Å². The van der Waals surface area contributed by atoms with E-state index in [1.54, 1.807) is 0 Å². The molecule has 7 aliphatic rings. The molecule has 0 aromatic heterocycles. The summed E-state index contributed by atoms with van der Waals surface area (Å²) in [6.45, 7) is 52.2. The molecule has 1 fully saturated rings. The average molecular weight is 1230 g/mol. The van der Waals surface area contributed by atoms with Gasteiger partial charge in [-0.05, 0) is 252 Å². The lowest BCUT2D eigenvalue weighted by molar-refractivity contribution is 0.195. The van der Waals surface area contributed by atoms with Crippen LogP contribution in [0.3, 0.4) is 0 Å². The van der Waals surface area contributed by atoms with E-state index in [0.29, 0.717) is 0 Å². The van der Waals surface area contributed by atoms with Crippen LogP contribution in [0.4, 0.5) is 45.5 Å². The van der Waals surface area contributed by atoms with Crippen LogP contribution in [0.1, 0.15) is 258 Å². The summed E-state index contributed by atoms with van der Waals surface area (Å²) in [5.74, 6) is 0. The molecular formula is C89H106BN3. The third-order valence-corrected chi connectivity index (χ3v) is 26.0. The number of benzene rings is 8. The Hall–Kier alpha value is -6.78. The van der Waals surface area contributed by atoms with E-state index < -0.39 is 0 Å². The molecule has 0 radical (unpaired) electrons. The van der Waals surface area contributed by atoms with Crippen molar-refractivity contribution in [3.63, 3.8) is 0 Å². The number of anilines is 8. The van der Waals surface area contributed by atoms with Crippen molar-refractivity contribution in [2.24, 2.45) is 0 Å². The Morgan fingerprint density at radius 1 is 0.344 bits per heavy atom. The van der Waals surface area contributed by atoms with Crippen molar-refractivity contribution in [1.82, 2.24) is 0 Å². The van der Waals surface area contributed by atoms with Gasteiger partial charge in [-0.25, -0.2) is 0 Å². The van der Waals surface area contributed by atoms with Gasteiger partial charge in [0.2, 0.25) is 0 Å². The van der Waals surface area contributed by atoms with Gasteiger partial charge in [0, 0.05) is 50.8 Å². The number of aryl methyl sites for hydroxylation is 1. The normalized spacial score (nSPS) is 23.0. The summed E-state index contributed by atoms with van der Waals surface area (Å²) in [5.41, 5.74) is 34.2. The molecule has 0 spiro atoms. The molecule has 0 saturated heterocycles. The standard InChI is InChI=1S/C89H106BN3/c1-55-45-63-66(85(14,15)42-39-82(63,8)9)52-74(55)92-76-54-68-65(84(12,13)41-44-87(68,18)19)51-71(76)90-70-50-64-67(86(16,17)43-40-83(64,10)11)53-75(70)91(72-36-34-60(81(5,6)7)47-62(72)57-27-23-22-24-28-57)77-48-61(49-78(92)79(77)90)93-73-35-31-58(56-29-32-59(33-30-56)80(2,3)4)46-69(73)88(20)37-25-26-38-89(88,93)21/h22-24,27-36,45-54H,25-26,37-44H2,1-21H3. The maximum absolute atomic E-state index is 2.91. The quantitative estimate of drug-likeness (QED) is 0.159. The Labute approximate surface area is 561 Å². The zero-order valence-electron chi connectivity index (χ0n) is 60.8. The minimum Gasteiger partial charge on any atom is -0.334 e. The highest BCUT2D eigenvalue weighted by Crippen LogP contribution is 2.64. The van der Waals surface area contributed by atoms with Crippen LogP contribution in [-0.4, -0.2) is 12.3 Å². The Morgan fingerprint density at radius 3 is 1.28 bits per heavy atom. The van der Waals surface area contributed by atoms with Crippen LogP contribution in [0.25, 0.3) is 22.3 Å². The predicted octanol–water partition coefficient (Wildman–Crippen LogP) is 22.8. The Bertz CT molecular complexity index is 4420. The van der Waals surface area contributed by atoms with Crippen LogP contribution >= 0.6 is 0 Å². The zero-order chi connectivity index (χ0) is 66.1. The Morgan fingerprint density at radius 2 is 0.774 bits per heavy atom. The first-order valence-electron chi connectivity index (χ1n) is 36.0. The summed E-state index contributed by atoms with van der Waals surface area (Å²) in [4.78, 5) is 8.59. The third kappa shape index (κ3) is 9.28. The molecule has 4 heteroatoms. The first kappa shape index (κ1) is 62.3. The molecule has 3 heterocycles. The first-order chi connectivity index (χ1) is 43.5. The SMILES string of the molecule is Cc1cc2c(cc1N1c3cc4c(cc3B3c5cc6c(cc5N(c5ccc(C(C)(C)C)cc5-c5ccccc5)c5cc(N7c8ccc(-c9ccc(C(C)(C)C)cc9)cc8C8(C)CCCCC78C)cc1c53)C(C)(C)CCC6(C)C)C(C)(C)CCC4(C)C)C(C)(C)CCC2(C)C. The first-order valence-corrected chi connectivity index (χ1v) is 36.0. The van der Waals surface area contributed by atoms with Crippen LogP contribution in [-0.2, 0) is 48.7 Å². The third-order valence-electron chi connectivity index (χ3n) is 26.0. The molecule has 0 amide bonds. The summed E-state index contributed by atoms with van der Waals surface area (Å²) in [6.07, 6.45) is 11.6. The second kappa shape index (κ2) is 20.1. The minimum atomic E-state index is -0.221. The number of nitrogens with zero attached hydrogens (tertiary/aromatic N) is 3. The second-order valence-corrected chi connectivity index (χ2v) is 37.0.